The second-order valence-corrected chi connectivity index (χ2v) is 17.4. The molecule has 0 saturated heterocycles. The van der Waals surface area contributed by atoms with Crippen LogP contribution in [-0.4, -0.2) is 33.0 Å². The number of hydrogen-bond donors (Lipinski definition) is 0. The Morgan fingerprint density at radius 2 is 0.649 bits per heavy atom. The van der Waals surface area contributed by atoms with Gasteiger partial charge < -0.3 is 9.97 Å². The molecular weight excluding hydrogens is 935 g/mol. The van der Waals surface area contributed by atoms with Crippen molar-refractivity contribution >= 4 is 115 Å². The number of aromatic nitrogens is 4. The molecule has 3 aromatic heterocycles. The molecule has 57 heavy (non-hydrogen) atoms. The van der Waals surface area contributed by atoms with E-state index in [9.17, 15) is 0 Å². The molecule has 7 heteroatoms. The molecule has 0 amide bonds. The molecule has 8 bridgehead atoms. The van der Waals surface area contributed by atoms with Gasteiger partial charge in [0.05, 0.1) is 22.8 Å². The number of benzene rings is 4. The van der Waals surface area contributed by atoms with Crippen LogP contribution in [0.2, 0.25) is 0 Å². The first-order valence-electron chi connectivity index (χ1n) is 18.8. The van der Waals surface area contributed by atoms with E-state index >= 15 is 0 Å². The molecule has 4 nitrogen and oxygen atoms in total. The first-order valence-corrected chi connectivity index (χ1v) is 20.9. The van der Waals surface area contributed by atoms with Gasteiger partial charge >= 0.3 is 23.1 Å². The molecule has 4 aromatic carbocycles. The van der Waals surface area contributed by atoms with Gasteiger partial charge in [0, 0.05) is 7.14 Å². The van der Waals surface area contributed by atoms with Crippen molar-refractivity contribution < 1.29 is 0 Å². The van der Waals surface area contributed by atoms with E-state index < -0.39 is 0 Å². The van der Waals surface area contributed by atoms with Crippen LogP contribution in [0.1, 0.15) is 56.2 Å². The maximum absolute atomic E-state index is 5.48. The summed E-state index contributed by atoms with van der Waals surface area (Å²) in [6.45, 7) is 13.1. The molecule has 0 saturated carbocycles. The minimum Gasteiger partial charge on any atom is -0.657 e. The smallest absolute Gasteiger partial charge is 0.657 e. The van der Waals surface area contributed by atoms with Crippen molar-refractivity contribution in [3.05, 3.63) is 160 Å². The maximum atomic E-state index is 5.48. The van der Waals surface area contributed by atoms with Crippen molar-refractivity contribution in [1.29, 1.82) is 0 Å². The van der Waals surface area contributed by atoms with Crippen molar-refractivity contribution in [2.75, 3.05) is 0 Å². The van der Waals surface area contributed by atoms with Gasteiger partial charge in [-0.15, -0.1) is 22.1 Å². The van der Waals surface area contributed by atoms with Crippen molar-refractivity contribution in [2.45, 2.75) is 41.5 Å². The van der Waals surface area contributed by atoms with Crippen LogP contribution in [0.25, 0.3) is 90.9 Å². The third-order valence-corrected chi connectivity index (χ3v) is 12.2. The average molecular weight is 973 g/mol. The molecule has 2 aliphatic rings. The molecule has 0 fully saturated rings. The zero-order valence-electron chi connectivity index (χ0n) is 32.8. The van der Waals surface area contributed by atoms with E-state index in [-0.39, 0.29) is 23.1 Å². The molecule has 2 aliphatic heterocycles. The zero-order chi connectivity index (χ0) is 38.8. The summed E-state index contributed by atoms with van der Waals surface area (Å²) < 4.78 is 2.35. The van der Waals surface area contributed by atoms with Gasteiger partial charge in [0.15, 0.2) is 0 Å². The minimum absolute atomic E-state index is 0. The normalized spacial score (nSPS) is 11.9. The molecule has 0 unspecified atom stereocenters. The average Bonchev–Trinajstić information content (AvgIpc) is 3.99. The van der Waals surface area contributed by atoms with Gasteiger partial charge in [-0.1, -0.05) is 83.9 Å². The summed E-state index contributed by atoms with van der Waals surface area (Å²) in [4.78, 5) is 21.9. The van der Waals surface area contributed by atoms with Gasteiger partial charge in [-0.2, -0.15) is 0 Å². The van der Waals surface area contributed by atoms with Gasteiger partial charge in [-0.05, 0) is 202 Å². The topological polar surface area (TPSA) is 54.0 Å². The summed E-state index contributed by atoms with van der Waals surface area (Å²) in [5.74, 6) is 0. The number of nitrogens with zero attached hydrogens (tertiary/aromatic N) is 4. The van der Waals surface area contributed by atoms with Gasteiger partial charge in [0.1, 0.15) is 0 Å². The summed E-state index contributed by atoms with van der Waals surface area (Å²) in [7, 11) is 0. The van der Waals surface area contributed by atoms with Crippen LogP contribution in [0.15, 0.2) is 97.1 Å². The van der Waals surface area contributed by atoms with Crippen LogP contribution in [-0.2, 0) is 0 Å². The number of hydrogen-bond acceptors (Lipinski definition) is 2. The van der Waals surface area contributed by atoms with Crippen LogP contribution in [0.4, 0.5) is 0 Å². The summed E-state index contributed by atoms with van der Waals surface area (Å²) in [6, 6.07) is 34.9. The first-order chi connectivity index (χ1) is 27.0. The molecule has 7 aromatic rings. The fourth-order valence-corrected chi connectivity index (χ4v) is 9.29. The summed E-state index contributed by atoms with van der Waals surface area (Å²) in [5.41, 5.74) is 22.7. The quantitative estimate of drug-likeness (QED) is 0.130. The molecule has 0 aliphatic carbocycles. The summed E-state index contributed by atoms with van der Waals surface area (Å²) in [5, 5.41) is 0. The van der Waals surface area contributed by atoms with Gasteiger partial charge in [-0.25, -0.2) is 9.97 Å². The summed E-state index contributed by atoms with van der Waals surface area (Å²) in [6.07, 6.45) is 8.59. The zero-order valence-corrected chi connectivity index (χ0v) is 38.5. The van der Waals surface area contributed by atoms with Crippen LogP contribution < -0.4 is 9.97 Å². The molecule has 9 rings (SSSR count). The van der Waals surface area contributed by atoms with Gasteiger partial charge in [0.2, 0.25) is 0 Å². The molecule has 5 heterocycles. The van der Waals surface area contributed by atoms with Crippen molar-refractivity contribution in [3.63, 3.8) is 0 Å². The van der Waals surface area contributed by atoms with Crippen LogP contribution >= 0.6 is 45.2 Å². The van der Waals surface area contributed by atoms with Gasteiger partial charge in [-0.3, -0.25) is 0 Å². The third kappa shape index (κ3) is 7.36. The second-order valence-electron chi connectivity index (χ2n) is 14.9. The Kier molecular flexibility index (Phi) is 11.0. The van der Waals surface area contributed by atoms with Crippen molar-refractivity contribution in [1.82, 2.24) is 19.9 Å². The maximum Gasteiger partial charge on any atom is 2.00 e. The van der Waals surface area contributed by atoms with E-state index in [1.807, 2.05) is 0 Å². The molecule has 274 valence electrons. The Morgan fingerprint density at radius 3 is 0.965 bits per heavy atom. The van der Waals surface area contributed by atoms with E-state index in [1.165, 1.54) is 40.5 Å². The largest absolute Gasteiger partial charge is 2.00 e. The summed E-state index contributed by atoms with van der Waals surface area (Å²) >= 11 is 4.73. The number of fused-ring (bicyclic) bond motifs is 8. The SMILES string of the molecule is Cc1cc(C)c(-c2c3nc(c(-c4ccc(I)cc4)c4ccc([n-]4)c(-c4c(C)cc(C)cc4C)c4nc(c(-c5ccc(I)cc5)c5ccc2[n-]5)C=C4)C=C3)c(C)c1.[Mg+2]. The Balaban J connectivity index is 0.00000455. The number of halogens is 2. The number of aryl methyl sites for hydroxylation is 6. The van der Waals surface area contributed by atoms with Crippen molar-refractivity contribution in [3.8, 4) is 44.5 Å². The van der Waals surface area contributed by atoms with Crippen LogP contribution in [0, 0.1) is 48.7 Å². The predicted molar refractivity (Wildman–Crippen MR) is 258 cm³/mol. The Labute approximate surface area is 377 Å². The second kappa shape index (κ2) is 15.8. The molecule has 0 spiro atoms. The first kappa shape index (κ1) is 39.5. The minimum atomic E-state index is 0. The van der Waals surface area contributed by atoms with E-state index in [0.717, 1.165) is 89.4 Å². The van der Waals surface area contributed by atoms with E-state index in [1.54, 1.807) is 0 Å². The Hall–Kier alpha value is -4.29. The monoisotopic (exact) mass is 972 g/mol. The Morgan fingerprint density at radius 1 is 0.368 bits per heavy atom. The predicted octanol–water partition coefficient (Wildman–Crippen LogP) is 13.3. The fourth-order valence-electron chi connectivity index (χ4n) is 8.57. The third-order valence-electron chi connectivity index (χ3n) is 10.7. The van der Waals surface area contributed by atoms with E-state index in [2.05, 4.69) is 208 Å². The molecule has 0 atom stereocenters. The molecule has 0 radical (unpaired) electrons. The molecule has 0 N–H and O–H groups in total. The molecular formula is C50H38I2MgN4. The fraction of sp³-hybridized carbons (Fsp3) is 0.120. The van der Waals surface area contributed by atoms with Crippen LogP contribution in [0.3, 0.4) is 0 Å². The number of rotatable bonds is 4. The van der Waals surface area contributed by atoms with E-state index in [0.29, 0.717) is 0 Å². The standard InChI is InChI=1S/C50H38I2N4.Mg/c1-27-23-29(3)45(30(4)24-27)49-41-19-15-37(53-41)47(33-7-11-35(51)12-8-33)39-17-21-43(55-39)50(46-31(5)25-28(2)26-32(46)6)44-22-18-40(56-44)48(38-16-20-42(49)54-38)34-9-13-36(52)14-10-34;/h7-26H,1-6H3;/q-2;+2. The Bertz CT molecular complexity index is 2730. The van der Waals surface area contributed by atoms with Crippen molar-refractivity contribution in [2.24, 2.45) is 0 Å². The van der Waals surface area contributed by atoms with Gasteiger partial charge in [0.25, 0.3) is 0 Å². The van der Waals surface area contributed by atoms with E-state index in [4.69, 9.17) is 19.9 Å². The van der Waals surface area contributed by atoms with Crippen LogP contribution in [0.5, 0.6) is 0 Å².